The molecular formula is C15H12N2O6. The predicted molar refractivity (Wildman–Crippen MR) is 76.9 cm³/mol. The third-order valence-electron chi connectivity index (χ3n) is 4.52. The number of fused-ring (bicyclic) bond motifs is 5. The van der Waals surface area contributed by atoms with Gasteiger partial charge in [-0.3, -0.25) is 19.7 Å². The van der Waals surface area contributed by atoms with Crippen LogP contribution in [0.15, 0.2) is 30.4 Å². The number of nitro groups is 1. The summed E-state index contributed by atoms with van der Waals surface area (Å²) in [7, 11) is 1.38. The molecule has 118 valence electrons. The van der Waals surface area contributed by atoms with Crippen molar-refractivity contribution in [3.05, 3.63) is 40.5 Å². The van der Waals surface area contributed by atoms with Crippen molar-refractivity contribution in [2.75, 3.05) is 12.0 Å². The van der Waals surface area contributed by atoms with Crippen LogP contribution in [-0.4, -0.2) is 36.1 Å². The van der Waals surface area contributed by atoms with Crippen molar-refractivity contribution >= 4 is 23.2 Å². The number of imide groups is 1. The number of rotatable bonds is 3. The van der Waals surface area contributed by atoms with E-state index >= 15 is 0 Å². The van der Waals surface area contributed by atoms with Crippen molar-refractivity contribution in [2.45, 2.75) is 12.2 Å². The molecule has 3 aliphatic rings. The summed E-state index contributed by atoms with van der Waals surface area (Å²) < 4.78 is 10.7. The van der Waals surface area contributed by atoms with Crippen LogP contribution in [0.25, 0.3) is 0 Å². The van der Waals surface area contributed by atoms with Gasteiger partial charge in [0.05, 0.1) is 36.1 Å². The number of hydrogen-bond donors (Lipinski definition) is 0. The molecule has 0 spiro atoms. The largest absolute Gasteiger partial charge is 0.495 e. The molecule has 1 aromatic rings. The SMILES string of the molecule is COc1ccc([N+](=O)[O-])cc1N1C(=O)[C@@H]2[C@@H](C1=O)[C@@H]1C=C[C@@H]2O1. The molecule has 2 saturated heterocycles. The van der Waals surface area contributed by atoms with E-state index < -0.39 is 40.8 Å². The van der Waals surface area contributed by atoms with Crippen molar-refractivity contribution in [1.29, 1.82) is 0 Å². The fourth-order valence-corrected chi connectivity index (χ4v) is 3.51. The van der Waals surface area contributed by atoms with E-state index in [1.54, 1.807) is 12.2 Å². The summed E-state index contributed by atoms with van der Waals surface area (Å²) in [5.41, 5.74) is -0.110. The molecule has 0 radical (unpaired) electrons. The lowest BCUT2D eigenvalue weighted by atomic mass is 9.85. The van der Waals surface area contributed by atoms with Gasteiger partial charge < -0.3 is 9.47 Å². The van der Waals surface area contributed by atoms with Crippen LogP contribution in [0.3, 0.4) is 0 Å². The number of anilines is 1. The first-order valence-electron chi connectivity index (χ1n) is 7.07. The van der Waals surface area contributed by atoms with Crippen LogP contribution in [0.4, 0.5) is 11.4 Å². The maximum atomic E-state index is 12.7. The van der Waals surface area contributed by atoms with Crippen LogP contribution in [0.1, 0.15) is 0 Å². The Balaban J connectivity index is 1.80. The van der Waals surface area contributed by atoms with Crippen molar-refractivity contribution < 1.29 is 24.0 Å². The molecule has 0 unspecified atom stereocenters. The first-order chi connectivity index (χ1) is 11.0. The number of nitro benzene ring substituents is 1. The van der Waals surface area contributed by atoms with E-state index in [4.69, 9.17) is 9.47 Å². The maximum absolute atomic E-state index is 12.7. The molecule has 2 bridgehead atoms. The van der Waals surface area contributed by atoms with E-state index in [2.05, 4.69) is 0 Å². The molecule has 8 nitrogen and oxygen atoms in total. The van der Waals surface area contributed by atoms with Crippen LogP contribution in [0.5, 0.6) is 5.75 Å². The second kappa shape index (κ2) is 4.63. The van der Waals surface area contributed by atoms with E-state index in [9.17, 15) is 19.7 Å². The second-order valence-corrected chi connectivity index (χ2v) is 5.63. The molecule has 0 aromatic heterocycles. The topological polar surface area (TPSA) is 99.0 Å². The average molecular weight is 316 g/mol. The Morgan fingerprint density at radius 2 is 1.78 bits per heavy atom. The molecule has 1 aromatic carbocycles. The van der Waals surface area contributed by atoms with Gasteiger partial charge in [-0.05, 0) is 6.07 Å². The van der Waals surface area contributed by atoms with Gasteiger partial charge in [-0.1, -0.05) is 12.2 Å². The highest BCUT2D eigenvalue weighted by Crippen LogP contribution is 2.48. The van der Waals surface area contributed by atoms with Gasteiger partial charge >= 0.3 is 0 Å². The maximum Gasteiger partial charge on any atom is 0.271 e. The number of ether oxygens (including phenoxy) is 2. The average Bonchev–Trinajstić information content (AvgIpc) is 3.21. The van der Waals surface area contributed by atoms with Gasteiger partial charge in [0.1, 0.15) is 11.4 Å². The number of amides is 2. The second-order valence-electron chi connectivity index (χ2n) is 5.63. The fourth-order valence-electron chi connectivity index (χ4n) is 3.51. The van der Waals surface area contributed by atoms with Crippen LogP contribution in [0, 0.1) is 22.0 Å². The number of nitrogens with zero attached hydrogens (tertiary/aromatic N) is 2. The molecule has 0 saturated carbocycles. The summed E-state index contributed by atoms with van der Waals surface area (Å²) in [6, 6.07) is 3.83. The minimum Gasteiger partial charge on any atom is -0.495 e. The standard InChI is InChI=1S/C15H12N2O6/c1-22-9-3-2-7(17(20)21)6-8(9)16-14(18)12-10-4-5-11(23-10)13(12)15(16)19/h2-6,10-13H,1H3/t10-,11-,12-,13-/m0/s1. The molecule has 4 atom stereocenters. The van der Waals surface area contributed by atoms with Gasteiger partial charge in [0, 0.05) is 12.1 Å². The summed E-state index contributed by atoms with van der Waals surface area (Å²) in [6.07, 6.45) is 2.75. The summed E-state index contributed by atoms with van der Waals surface area (Å²) >= 11 is 0. The lowest BCUT2D eigenvalue weighted by molar-refractivity contribution is -0.384. The van der Waals surface area contributed by atoms with E-state index in [-0.39, 0.29) is 17.1 Å². The number of non-ortho nitro benzene ring substituents is 1. The van der Waals surface area contributed by atoms with Gasteiger partial charge in [0.2, 0.25) is 11.8 Å². The molecule has 0 N–H and O–H groups in total. The Morgan fingerprint density at radius 3 is 2.30 bits per heavy atom. The summed E-state index contributed by atoms with van der Waals surface area (Å²) in [6.45, 7) is 0. The quantitative estimate of drug-likeness (QED) is 0.358. The van der Waals surface area contributed by atoms with Gasteiger partial charge in [-0.25, -0.2) is 4.90 Å². The lowest BCUT2D eigenvalue weighted by Gasteiger charge is -2.19. The third kappa shape index (κ3) is 1.75. The summed E-state index contributed by atoms with van der Waals surface area (Å²) in [5.74, 6) is -1.72. The van der Waals surface area contributed by atoms with E-state index in [0.29, 0.717) is 0 Å². The lowest BCUT2D eigenvalue weighted by Crippen LogP contribution is -2.34. The molecule has 3 aliphatic heterocycles. The first kappa shape index (κ1) is 13.9. The smallest absolute Gasteiger partial charge is 0.271 e. The fraction of sp³-hybridized carbons (Fsp3) is 0.333. The minimum absolute atomic E-state index is 0.102. The molecule has 3 heterocycles. The van der Waals surface area contributed by atoms with Gasteiger partial charge in [0.25, 0.3) is 5.69 Å². The Labute approximate surface area is 130 Å². The molecule has 0 aliphatic carbocycles. The van der Waals surface area contributed by atoms with E-state index in [1.807, 2.05) is 0 Å². The van der Waals surface area contributed by atoms with Crippen molar-refractivity contribution in [3.8, 4) is 5.75 Å². The molecule has 2 amide bonds. The first-order valence-corrected chi connectivity index (χ1v) is 7.07. The van der Waals surface area contributed by atoms with Crippen LogP contribution in [-0.2, 0) is 14.3 Å². The van der Waals surface area contributed by atoms with Gasteiger partial charge in [-0.2, -0.15) is 0 Å². The van der Waals surface area contributed by atoms with Gasteiger partial charge in [-0.15, -0.1) is 0 Å². The van der Waals surface area contributed by atoms with Crippen LogP contribution >= 0.6 is 0 Å². The number of methoxy groups -OCH3 is 1. The van der Waals surface area contributed by atoms with Gasteiger partial charge in [0.15, 0.2) is 0 Å². The Morgan fingerprint density at radius 1 is 1.17 bits per heavy atom. The van der Waals surface area contributed by atoms with E-state index in [0.717, 1.165) is 4.90 Å². The monoisotopic (exact) mass is 316 g/mol. The zero-order valence-corrected chi connectivity index (χ0v) is 12.0. The molecule has 8 heteroatoms. The highest BCUT2D eigenvalue weighted by atomic mass is 16.6. The molecule has 2 fully saturated rings. The van der Waals surface area contributed by atoms with Crippen molar-refractivity contribution in [2.24, 2.45) is 11.8 Å². The normalized spacial score (nSPS) is 30.9. The number of hydrogen-bond acceptors (Lipinski definition) is 6. The number of benzene rings is 1. The number of carbonyl (C=O) groups is 2. The summed E-state index contributed by atoms with van der Waals surface area (Å²) in [5, 5.41) is 11.0. The van der Waals surface area contributed by atoms with Crippen LogP contribution < -0.4 is 9.64 Å². The van der Waals surface area contributed by atoms with Crippen molar-refractivity contribution in [1.82, 2.24) is 0 Å². The highest BCUT2D eigenvalue weighted by molar-refractivity contribution is 6.23. The Bertz CT molecular complexity index is 743. The Hall–Kier alpha value is -2.74. The summed E-state index contributed by atoms with van der Waals surface area (Å²) in [4.78, 5) is 36.8. The molecule has 4 rings (SSSR count). The molecule has 23 heavy (non-hydrogen) atoms. The number of carbonyl (C=O) groups excluding carboxylic acids is 2. The zero-order valence-electron chi connectivity index (χ0n) is 12.0. The minimum atomic E-state index is -0.580. The highest BCUT2D eigenvalue weighted by Gasteiger charge is 2.61. The predicted octanol–water partition coefficient (Wildman–Crippen LogP) is 1.05. The zero-order chi connectivity index (χ0) is 16.3. The third-order valence-corrected chi connectivity index (χ3v) is 4.52. The van der Waals surface area contributed by atoms with Crippen molar-refractivity contribution in [3.63, 3.8) is 0 Å². The van der Waals surface area contributed by atoms with Crippen LogP contribution in [0.2, 0.25) is 0 Å². The Kier molecular flexibility index (Phi) is 2.79. The van der Waals surface area contributed by atoms with E-state index in [1.165, 1.54) is 25.3 Å². The molecular weight excluding hydrogens is 304 g/mol.